The molecule has 13 radical (unpaired) electrons. The summed E-state index contributed by atoms with van der Waals surface area (Å²) in [5, 5.41) is 0. The van der Waals surface area contributed by atoms with Crippen LogP contribution < -0.4 is 0 Å². The normalized spacial score (nSPS) is 25.1. The predicted molar refractivity (Wildman–Crippen MR) is 79.0 cm³/mol. The average molecular weight is 402 g/mol. The Bertz CT molecular complexity index is 145. The third kappa shape index (κ3) is 6.71. The zero-order valence-corrected chi connectivity index (χ0v) is 14.5. The van der Waals surface area contributed by atoms with E-state index in [1.54, 1.807) is 0 Å². The number of rotatable bonds is 0. The average Bonchev–Trinajstić information content (AvgIpc) is 2.48. The van der Waals surface area contributed by atoms with Crippen molar-refractivity contribution in [1.29, 1.82) is 0 Å². The van der Waals surface area contributed by atoms with E-state index >= 15 is 0 Å². The summed E-state index contributed by atoms with van der Waals surface area (Å²) in [5.41, 5.74) is 0. The van der Waals surface area contributed by atoms with Crippen LogP contribution in [0.5, 0.6) is 0 Å². The van der Waals surface area contributed by atoms with Gasteiger partial charge in [-0.3, -0.25) is 0 Å². The molecule has 0 aromatic carbocycles. The van der Waals surface area contributed by atoms with Crippen LogP contribution in [0.15, 0.2) is 0 Å². The fraction of sp³-hybridized carbons (Fsp3) is 0.278. The molecule has 0 aromatic rings. The molecule has 2 aliphatic rings. The molecule has 0 N–H and O–H groups in total. The SMILES string of the molecule is C[C]1[C](C)[C](C)[C](C)[C]1C.[CH]1[CH][CH][CH][CH][CH][CH][CH]1.[Dy]. The summed E-state index contributed by atoms with van der Waals surface area (Å²) in [5.74, 6) is 7.34. The zero-order chi connectivity index (χ0) is 13.5. The smallest absolute Gasteiger partial charge is 0 e. The van der Waals surface area contributed by atoms with Gasteiger partial charge in [0, 0.05) is 38.2 Å². The largest absolute Gasteiger partial charge is 0.0579 e. The van der Waals surface area contributed by atoms with Gasteiger partial charge < -0.3 is 0 Å². The Morgan fingerprint density at radius 2 is 0.474 bits per heavy atom. The third-order valence-corrected chi connectivity index (χ3v) is 3.70. The molecule has 2 fully saturated rings. The standard InChI is InChI=1S/C10H15.C8H8.Dy/c1-6-7(2)9(4)10(5)8(6)3;1-2-4-6-8-7-5-3-1;/h1-5H3;1-8H;. The maximum Gasteiger partial charge on any atom is 0 e. The van der Waals surface area contributed by atoms with Gasteiger partial charge in [-0.2, -0.15) is 0 Å². The minimum absolute atomic E-state index is 0. The Balaban J connectivity index is 0.000000331. The van der Waals surface area contributed by atoms with Gasteiger partial charge in [0.25, 0.3) is 0 Å². The van der Waals surface area contributed by atoms with Crippen LogP contribution in [0.25, 0.3) is 0 Å². The Morgan fingerprint density at radius 3 is 0.579 bits per heavy atom. The van der Waals surface area contributed by atoms with Crippen LogP contribution in [0.2, 0.25) is 0 Å². The van der Waals surface area contributed by atoms with E-state index in [1.165, 1.54) is 29.6 Å². The van der Waals surface area contributed by atoms with Crippen LogP contribution in [0.4, 0.5) is 0 Å². The van der Waals surface area contributed by atoms with Crippen LogP contribution in [0, 0.1) is 119 Å². The predicted octanol–water partition coefficient (Wildman–Crippen LogP) is 4.61. The number of hydrogen-bond acceptors (Lipinski definition) is 0. The van der Waals surface area contributed by atoms with Gasteiger partial charge >= 0.3 is 0 Å². The molecule has 2 aliphatic carbocycles. The van der Waals surface area contributed by atoms with Crippen molar-refractivity contribution in [2.24, 2.45) is 0 Å². The minimum Gasteiger partial charge on any atom is -0.0579 e. The second-order valence-corrected chi connectivity index (χ2v) is 4.66. The molecule has 0 heterocycles. The summed E-state index contributed by atoms with van der Waals surface area (Å²) >= 11 is 0. The molecule has 0 unspecified atom stereocenters. The van der Waals surface area contributed by atoms with E-state index in [0.29, 0.717) is 0 Å². The van der Waals surface area contributed by atoms with Crippen molar-refractivity contribution < 1.29 is 38.2 Å². The summed E-state index contributed by atoms with van der Waals surface area (Å²) in [4.78, 5) is 0. The van der Waals surface area contributed by atoms with Crippen molar-refractivity contribution in [1.82, 2.24) is 0 Å². The first-order valence-corrected chi connectivity index (χ1v) is 6.42. The minimum atomic E-state index is 0. The molecule has 19 heavy (non-hydrogen) atoms. The van der Waals surface area contributed by atoms with Crippen molar-refractivity contribution in [3.8, 4) is 0 Å². The zero-order valence-electron chi connectivity index (χ0n) is 12.4. The summed E-state index contributed by atoms with van der Waals surface area (Å²) in [6.45, 7) is 11.0. The maximum atomic E-state index is 2.20. The molecular weight excluding hydrogens is 379 g/mol. The molecule has 2 rings (SSSR count). The van der Waals surface area contributed by atoms with E-state index in [1.807, 2.05) is 51.4 Å². The molecule has 2 saturated carbocycles. The van der Waals surface area contributed by atoms with Gasteiger partial charge in [0.15, 0.2) is 0 Å². The molecule has 0 aromatic heterocycles. The van der Waals surface area contributed by atoms with Gasteiger partial charge in [-0.1, -0.05) is 34.6 Å². The second kappa shape index (κ2) is 10.9. The van der Waals surface area contributed by atoms with Gasteiger partial charge in [0.2, 0.25) is 0 Å². The topological polar surface area (TPSA) is 0 Å². The first kappa shape index (κ1) is 20.3. The van der Waals surface area contributed by atoms with Gasteiger partial charge in [-0.05, 0) is 81.0 Å². The molecular formula is C18H23Dy. The summed E-state index contributed by atoms with van der Waals surface area (Å²) in [6, 6.07) is 0. The summed E-state index contributed by atoms with van der Waals surface area (Å²) in [6.07, 6.45) is 16.0. The van der Waals surface area contributed by atoms with Crippen molar-refractivity contribution >= 4 is 0 Å². The van der Waals surface area contributed by atoms with E-state index in [-0.39, 0.29) is 38.2 Å². The van der Waals surface area contributed by atoms with E-state index in [2.05, 4.69) is 34.6 Å². The molecule has 0 amide bonds. The number of hydrogen-bond donors (Lipinski definition) is 0. The Hall–Kier alpha value is 1.27. The van der Waals surface area contributed by atoms with Crippen LogP contribution in [0.1, 0.15) is 34.6 Å². The van der Waals surface area contributed by atoms with Gasteiger partial charge in [0.1, 0.15) is 0 Å². The van der Waals surface area contributed by atoms with E-state index in [9.17, 15) is 0 Å². The molecule has 0 bridgehead atoms. The first-order chi connectivity index (χ1) is 8.55. The first-order valence-electron chi connectivity index (χ1n) is 6.42. The van der Waals surface area contributed by atoms with Crippen molar-refractivity contribution in [2.45, 2.75) is 34.6 Å². The van der Waals surface area contributed by atoms with E-state index in [0.717, 1.165) is 0 Å². The van der Waals surface area contributed by atoms with E-state index < -0.39 is 0 Å². The monoisotopic (exact) mass is 403 g/mol. The van der Waals surface area contributed by atoms with Crippen LogP contribution >= 0.6 is 0 Å². The van der Waals surface area contributed by atoms with Crippen molar-refractivity contribution in [3.63, 3.8) is 0 Å². The summed E-state index contributed by atoms with van der Waals surface area (Å²) < 4.78 is 0. The summed E-state index contributed by atoms with van der Waals surface area (Å²) in [7, 11) is 0. The van der Waals surface area contributed by atoms with Crippen LogP contribution in [-0.4, -0.2) is 0 Å². The Kier molecular flexibility index (Phi) is 11.7. The van der Waals surface area contributed by atoms with Crippen molar-refractivity contribution in [3.05, 3.63) is 81.0 Å². The fourth-order valence-corrected chi connectivity index (χ4v) is 1.92. The molecule has 0 spiro atoms. The fourth-order valence-electron chi connectivity index (χ4n) is 1.92. The molecule has 1 heteroatoms. The molecule has 0 atom stereocenters. The van der Waals surface area contributed by atoms with E-state index in [4.69, 9.17) is 0 Å². The molecule has 105 valence electrons. The van der Waals surface area contributed by atoms with Gasteiger partial charge in [-0.15, -0.1) is 0 Å². The Labute approximate surface area is 152 Å². The molecule has 0 saturated heterocycles. The van der Waals surface area contributed by atoms with Gasteiger partial charge in [0.05, 0.1) is 0 Å². The quantitative estimate of drug-likeness (QED) is 0.556. The third-order valence-electron chi connectivity index (χ3n) is 3.70. The van der Waals surface area contributed by atoms with Crippen LogP contribution in [-0.2, 0) is 0 Å². The molecule has 0 aliphatic heterocycles. The Morgan fingerprint density at radius 1 is 0.368 bits per heavy atom. The molecule has 0 nitrogen and oxygen atoms in total. The maximum absolute atomic E-state index is 2.20. The van der Waals surface area contributed by atoms with Crippen LogP contribution in [0.3, 0.4) is 0 Å². The van der Waals surface area contributed by atoms with Crippen molar-refractivity contribution in [2.75, 3.05) is 0 Å². The second-order valence-electron chi connectivity index (χ2n) is 4.66. The van der Waals surface area contributed by atoms with Gasteiger partial charge in [-0.25, -0.2) is 0 Å².